The summed E-state index contributed by atoms with van der Waals surface area (Å²) in [6.45, 7) is 2.58. The van der Waals surface area contributed by atoms with Gasteiger partial charge in [0.15, 0.2) is 0 Å². The van der Waals surface area contributed by atoms with E-state index in [1.54, 1.807) is 0 Å². The van der Waals surface area contributed by atoms with Crippen molar-refractivity contribution in [2.45, 2.75) is 31.7 Å². The van der Waals surface area contributed by atoms with Gasteiger partial charge in [0.25, 0.3) is 0 Å². The highest BCUT2D eigenvalue weighted by atomic mass is 16.5. The van der Waals surface area contributed by atoms with Gasteiger partial charge in [-0.05, 0) is 43.8 Å². The summed E-state index contributed by atoms with van der Waals surface area (Å²) in [6.07, 6.45) is 3.39. The second-order valence-corrected chi connectivity index (χ2v) is 6.42. The van der Waals surface area contributed by atoms with Gasteiger partial charge in [-0.25, -0.2) is 0 Å². The smallest absolute Gasteiger partial charge is 0.222 e. The Balaban J connectivity index is 1.47. The van der Waals surface area contributed by atoms with Gasteiger partial charge in [-0.3, -0.25) is 4.79 Å². The second-order valence-electron chi connectivity index (χ2n) is 6.42. The van der Waals surface area contributed by atoms with E-state index < -0.39 is 0 Å². The Morgan fingerprint density at radius 3 is 2.75 bits per heavy atom. The molecule has 3 rings (SSSR count). The molecule has 1 aliphatic heterocycles. The predicted octanol–water partition coefficient (Wildman–Crippen LogP) is 3.21. The Morgan fingerprint density at radius 2 is 1.92 bits per heavy atom. The minimum Gasteiger partial charge on any atom is -0.493 e. The summed E-state index contributed by atoms with van der Waals surface area (Å²) in [5.41, 5.74) is 0. The van der Waals surface area contributed by atoms with Crippen LogP contribution in [0.2, 0.25) is 0 Å². The first-order valence-corrected chi connectivity index (χ1v) is 8.82. The van der Waals surface area contributed by atoms with Crippen LogP contribution in [0.5, 0.6) is 5.75 Å². The summed E-state index contributed by atoms with van der Waals surface area (Å²) in [5, 5.41) is 5.64. The summed E-state index contributed by atoms with van der Waals surface area (Å²) in [5.74, 6) is 1.12. The van der Waals surface area contributed by atoms with Crippen LogP contribution in [0, 0.1) is 0 Å². The van der Waals surface area contributed by atoms with Crippen molar-refractivity contribution in [1.29, 1.82) is 0 Å². The van der Waals surface area contributed by atoms with Crippen molar-refractivity contribution >= 4 is 16.7 Å². The molecule has 0 unspecified atom stereocenters. The normalized spacial score (nSPS) is 15.4. The second kappa shape index (κ2) is 8.15. The van der Waals surface area contributed by atoms with Gasteiger partial charge >= 0.3 is 0 Å². The quantitative estimate of drug-likeness (QED) is 0.829. The van der Waals surface area contributed by atoms with Crippen molar-refractivity contribution in [1.82, 2.24) is 10.2 Å². The van der Waals surface area contributed by atoms with Crippen molar-refractivity contribution in [2.75, 3.05) is 26.7 Å². The van der Waals surface area contributed by atoms with Crippen molar-refractivity contribution in [3.05, 3.63) is 42.5 Å². The molecule has 2 aromatic rings. The number of fused-ring (bicyclic) bond motifs is 1. The fourth-order valence-corrected chi connectivity index (χ4v) is 3.30. The lowest BCUT2D eigenvalue weighted by molar-refractivity contribution is -0.132. The van der Waals surface area contributed by atoms with Crippen molar-refractivity contribution in [3.8, 4) is 5.75 Å². The van der Waals surface area contributed by atoms with Crippen LogP contribution < -0.4 is 10.1 Å². The monoisotopic (exact) mass is 326 g/mol. The molecule has 1 saturated heterocycles. The van der Waals surface area contributed by atoms with Gasteiger partial charge in [0.05, 0.1) is 6.61 Å². The first-order valence-electron chi connectivity index (χ1n) is 8.82. The molecule has 0 atom stereocenters. The largest absolute Gasteiger partial charge is 0.493 e. The van der Waals surface area contributed by atoms with Crippen molar-refractivity contribution < 1.29 is 9.53 Å². The van der Waals surface area contributed by atoms with Gasteiger partial charge < -0.3 is 15.0 Å². The summed E-state index contributed by atoms with van der Waals surface area (Å²) in [4.78, 5) is 14.2. The van der Waals surface area contributed by atoms with E-state index >= 15 is 0 Å². The van der Waals surface area contributed by atoms with Gasteiger partial charge in [-0.1, -0.05) is 36.4 Å². The van der Waals surface area contributed by atoms with E-state index in [1.165, 1.54) is 5.39 Å². The van der Waals surface area contributed by atoms with Crippen molar-refractivity contribution in [2.24, 2.45) is 0 Å². The number of benzene rings is 2. The molecule has 1 fully saturated rings. The van der Waals surface area contributed by atoms with Crippen molar-refractivity contribution in [3.63, 3.8) is 0 Å². The molecule has 0 aromatic heterocycles. The third-order valence-electron chi connectivity index (χ3n) is 4.79. The molecule has 1 N–H and O–H groups in total. The van der Waals surface area contributed by atoms with Crippen LogP contribution in [0.15, 0.2) is 42.5 Å². The first kappa shape index (κ1) is 16.8. The molecule has 0 aliphatic carbocycles. The maximum Gasteiger partial charge on any atom is 0.222 e. The van der Waals surface area contributed by atoms with E-state index in [1.807, 2.05) is 36.2 Å². The standard InChI is InChI=1S/C20H26N2O2/c1-22(17-11-13-21-14-12-17)20(23)10-5-15-24-19-9-4-7-16-6-2-3-8-18(16)19/h2-4,6-9,17,21H,5,10-15H2,1H3. The average molecular weight is 326 g/mol. The number of carbonyl (C=O) groups is 1. The number of ether oxygens (including phenoxy) is 1. The highest BCUT2D eigenvalue weighted by Crippen LogP contribution is 2.25. The lowest BCUT2D eigenvalue weighted by atomic mass is 10.0. The van der Waals surface area contributed by atoms with Gasteiger partial charge in [0.1, 0.15) is 5.75 Å². The molecule has 128 valence electrons. The molecule has 4 heteroatoms. The van der Waals surface area contributed by atoms with E-state index in [2.05, 4.69) is 23.5 Å². The number of piperidine rings is 1. The van der Waals surface area contributed by atoms with E-state index in [-0.39, 0.29) is 5.91 Å². The molecule has 2 aromatic carbocycles. The van der Waals surface area contributed by atoms with E-state index in [4.69, 9.17) is 4.74 Å². The summed E-state index contributed by atoms with van der Waals surface area (Å²) < 4.78 is 5.91. The third-order valence-corrected chi connectivity index (χ3v) is 4.79. The zero-order valence-corrected chi connectivity index (χ0v) is 14.3. The van der Waals surface area contributed by atoms with Gasteiger partial charge in [0, 0.05) is 24.9 Å². The summed E-state index contributed by atoms with van der Waals surface area (Å²) in [7, 11) is 1.93. The van der Waals surface area contributed by atoms with Crippen LogP contribution in [0.1, 0.15) is 25.7 Å². The minimum absolute atomic E-state index is 0.225. The molecular weight excluding hydrogens is 300 g/mol. The van der Waals surface area contributed by atoms with E-state index in [9.17, 15) is 4.79 Å². The van der Waals surface area contributed by atoms with Crippen LogP contribution >= 0.6 is 0 Å². The molecule has 4 nitrogen and oxygen atoms in total. The molecule has 0 spiro atoms. The predicted molar refractivity (Wildman–Crippen MR) is 97.3 cm³/mol. The Bertz CT molecular complexity index is 675. The molecule has 24 heavy (non-hydrogen) atoms. The van der Waals surface area contributed by atoms with E-state index in [0.29, 0.717) is 19.1 Å². The Morgan fingerprint density at radius 1 is 1.17 bits per heavy atom. The Kier molecular flexibility index (Phi) is 5.70. The first-order chi connectivity index (χ1) is 11.8. The van der Waals surface area contributed by atoms with Gasteiger partial charge in [0.2, 0.25) is 5.91 Å². The van der Waals surface area contributed by atoms with Gasteiger partial charge in [-0.15, -0.1) is 0 Å². The summed E-state index contributed by atoms with van der Waals surface area (Å²) >= 11 is 0. The van der Waals surface area contributed by atoms with Crippen LogP contribution in [0.4, 0.5) is 0 Å². The fourth-order valence-electron chi connectivity index (χ4n) is 3.30. The maximum absolute atomic E-state index is 12.3. The number of nitrogens with one attached hydrogen (secondary N) is 1. The maximum atomic E-state index is 12.3. The zero-order chi connectivity index (χ0) is 16.8. The molecular formula is C20H26N2O2. The number of hydrogen-bond donors (Lipinski definition) is 1. The number of amides is 1. The highest BCUT2D eigenvalue weighted by Gasteiger charge is 2.21. The molecule has 1 aliphatic rings. The third kappa shape index (κ3) is 4.06. The van der Waals surface area contributed by atoms with Crippen LogP contribution in [-0.4, -0.2) is 43.6 Å². The molecule has 0 saturated carbocycles. The Labute approximate surface area is 143 Å². The Hall–Kier alpha value is -2.07. The SMILES string of the molecule is CN(C(=O)CCCOc1cccc2ccccc12)C1CCNCC1. The molecule has 0 radical (unpaired) electrons. The van der Waals surface area contributed by atoms with Gasteiger partial charge in [-0.2, -0.15) is 0 Å². The highest BCUT2D eigenvalue weighted by molar-refractivity contribution is 5.88. The average Bonchev–Trinajstić information content (AvgIpc) is 2.65. The molecule has 1 heterocycles. The molecule has 1 amide bonds. The van der Waals surface area contributed by atoms with Crippen LogP contribution in [0.3, 0.4) is 0 Å². The zero-order valence-electron chi connectivity index (χ0n) is 14.3. The minimum atomic E-state index is 0.225. The van der Waals surface area contributed by atoms with Crippen LogP contribution in [0.25, 0.3) is 10.8 Å². The number of nitrogens with zero attached hydrogens (tertiary/aromatic N) is 1. The molecule has 0 bridgehead atoms. The number of hydrogen-bond acceptors (Lipinski definition) is 3. The van der Waals surface area contributed by atoms with Crippen LogP contribution in [-0.2, 0) is 4.79 Å². The number of carbonyl (C=O) groups excluding carboxylic acids is 1. The topological polar surface area (TPSA) is 41.6 Å². The summed E-state index contributed by atoms with van der Waals surface area (Å²) in [6, 6.07) is 14.7. The van der Waals surface area contributed by atoms with E-state index in [0.717, 1.165) is 43.5 Å². The lowest BCUT2D eigenvalue weighted by Crippen LogP contribution is -2.43. The fraction of sp³-hybridized carbons (Fsp3) is 0.450. The lowest BCUT2D eigenvalue weighted by Gasteiger charge is -2.31. The number of rotatable bonds is 6.